The first-order chi connectivity index (χ1) is 10.3. The highest BCUT2D eigenvalue weighted by Crippen LogP contribution is 2.28. The van der Waals surface area contributed by atoms with Gasteiger partial charge in [0.25, 0.3) is 0 Å². The summed E-state index contributed by atoms with van der Waals surface area (Å²) in [5.74, 6) is 0.000256. The van der Waals surface area contributed by atoms with Gasteiger partial charge in [0.2, 0.25) is 5.91 Å². The lowest BCUT2D eigenvalue weighted by atomic mass is 9.79. The number of hydrogen-bond donors (Lipinski definition) is 1. The Morgan fingerprint density at radius 3 is 2.43 bits per heavy atom. The summed E-state index contributed by atoms with van der Waals surface area (Å²) in [4.78, 5) is 26.2. The highest BCUT2D eigenvalue weighted by Gasteiger charge is 2.35. The lowest BCUT2D eigenvalue weighted by molar-refractivity contribution is -0.134. The number of benzene rings is 1. The maximum absolute atomic E-state index is 12.3. The number of likely N-dealkylation sites (tertiary alicyclic amines) is 1. The molecule has 0 spiro atoms. The smallest absolute Gasteiger partial charge is 0.223 e. The molecule has 6 heteroatoms. The molecule has 1 fully saturated rings. The first-order valence-electron chi connectivity index (χ1n) is 7.62. The van der Waals surface area contributed by atoms with Crippen LogP contribution in [0.5, 0.6) is 0 Å². The summed E-state index contributed by atoms with van der Waals surface area (Å²) in [5, 5.41) is 0.597. The topological polar surface area (TPSA) is 63.4 Å². The normalized spacial score (nSPS) is 19.8. The van der Waals surface area contributed by atoms with E-state index in [0.29, 0.717) is 23.7 Å². The molecule has 2 rings (SSSR count). The van der Waals surface area contributed by atoms with E-state index in [1.54, 1.807) is 24.3 Å². The minimum absolute atomic E-state index is 0. The van der Waals surface area contributed by atoms with Crippen molar-refractivity contribution in [3.63, 3.8) is 0 Å². The van der Waals surface area contributed by atoms with Gasteiger partial charge < -0.3 is 10.6 Å². The van der Waals surface area contributed by atoms with Crippen LogP contribution in [-0.4, -0.2) is 35.7 Å². The summed E-state index contributed by atoms with van der Waals surface area (Å²) in [6.07, 6.45) is 1.28. The number of hydrogen-bond acceptors (Lipinski definition) is 3. The summed E-state index contributed by atoms with van der Waals surface area (Å²) in [5.41, 5.74) is 6.60. The van der Waals surface area contributed by atoms with E-state index in [1.807, 2.05) is 4.90 Å². The Labute approximate surface area is 148 Å². The Kier molecular flexibility index (Phi) is 7.05. The van der Waals surface area contributed by atoms with Crippen molar-refractivity contribution in [2.45, 2.75) is 39.2 Å². The second-order valence-corrected chi connectivity index (χ2v) is 7.07. The standard InChI is InChI=1S/C17H23ClN2O2.ClH/c1-17(2)11-20(10-9-15(17)19)16(22)8-7-14(21)12-3-5-13(18)6-4-12;/h3-6,15H,7-11,19H2,1-2H3;1H. The second kappa shape index (κ2) is 8.13. The average molecular weight is 359 g/mol. The second-order valence-electron chi connectivity index (χ2n) is 6.63. The molecule has 4 nitrogen and oxygen atoms in total. The fourth-order valence-electron chi connectivity index (χ4n) is 2.75. The van der Waals surface area contributed by atoms with Crippen molar-refractivity contribution in [3.05, 3.63) is 34.9 Å². The number of nitrogens with zero attached hydrogens (tertiary/aromatic N) is 1. The van der Waals surface area contributed by atoms with Gasteiger partial charge in [-0.1, -0.05) is 25.4 Å². The van der Waals surface area contributed by atoms with Crippen LogP contribution in [-0.2, 0) is 4.79 Å². The van der Waals surface area contributed by atoms with Crippen LogP contribution in [0.15, 0.2) is 24.3 Å². The number of halogens is 2. The molecule has 1 unspecified atom stereocenters. The van der Waals surface area contributed by atoms with Gasteiger partial charge in [0.15, 0.2) is 5.78 Å². The molecule has 0 bridgehead atoms. The van der Waals surface area contributed by atoms with E-state index in [4.69, 9.17) is 17.3 Å². The van der Waals surface area contributed by atoms with Gasteiger partial charge in [-0.2, -0.15) is 0 Å². The van der Waals surface area contributed by atoms with Gasteiger partial charge in [0, 0.05) is 42.6 Å². The number of ketones is 1. The summed E-state index contributed by atoms with van der Waals surface area (Å²) in [6, 6.07) is 6.87. The first kappa shape index (κ1) is 19.9. The summed E-state index contributed by atoms with van der Waals surface area (Å²) < 4.78 is 0. The zero-order chi connectivity index (χ0) is 16.3. The van der Waals surface area contributed by atoms with Gasteiger partial charge in [-0.05, 0) is 36.1 Å². The summed E-state index contributed by atoms with van der Waals surface area (Å²) in [6.45, 7) is 5.49. The van der Waals surface area contributed by atoms with E-state index in [1.165, 1.54) is 0 Å². The molecule has 0 aromatic heterocycles. The highest BCUT2D eigenvalue weighted by molar-refractivity contribution is 6.30. The monoisotopic (exact) mass is 358 g/mol. The van der Waals surface area contributed by atoms with Crippen molar-refractivity contribution in [1.29, 1.82) is 0 Å². The maximum atomic E-state index is 12.3. The van der Waals surface area contributed by atoms with E-state index in [-0.39, 0.29) is 48.4 Å². The van der Waals surface area contributed by atoms with Crippen LogP contribution in [0, 0.1) is 5.41 Å². The molecule has 1 aromatic carbocycles. The Morgan fingerprint density at radius 1 is 1.26 bits per heavy atom. The van der Waals surface area contributed by atoms with Crippen LogP contribution in [0.4, 0.5) is 0 Å². The number of carbonyl (C=O) groups excluding carboxylic acids is 2. The Hall–Kier alpha value is -1.10. The largest absolute Gasteiger partial charge is 0.342 e. The molecule has 1 heterocycles. The average Bonchev–Trinajstić information content (AvgIpc) is 2.48. The lowest BCUT2D eigenvalue weighted by Crippen LogP contribution is -2.54. The number of amides is 1. The molecule has 23 heavy (non-hydrogen) atoms. The minimum atomic E-state index is -0.0753. The predicted octanol–water partition coefficient (Wildman–Crippen LogP) is 3.31. The Morgan fingerprint density at radius 2 is 1.87 bits per heavy atom. The van der Waals surface area contributed by atoms with Crippen LogP contribution < -0.4 is 5.73 Å². The SMILES string of the molecule is CC1(C)CN(C(=O)CCC(=O)c2ccc(Cl)cc2)CCC1N.Cl. The van der Waals surface area contributed by atoms with Crippen LogP contribution in [0.2, 0.25) is 5.02 Å². The van der Waals surface area contributed by atoms with Crippen LogP contribution in [0.1, 0.15) is 43.5 Å². The third-order valence-corrected chi connectivity index (χ3v) is 4.65. The third kappa shape index (κ3) is 5.20. The van der Waals surface area contributed by atoms with Crippen LogP contribution in [0.3, 0.4) is 0 Å². The number of Topliss-reactive ketones (excluding diaryl/α,β-unsaturated/α-hetero) is 1. The summed E-state index contributed by atoms with van der Waals surface area (Å²) in [7, 11) is 0. The molecule has 0 radical (unpaired) electrons. The molecule has 1 atom stereocenters. The molecule has 1 aromatic rings. The molecular formula is C17H24Cl2N2O2. The molecule has 1 aliphatic heterocycles. The Balaban J connectivity index is 0.00000264. The van der Waals surface area contributed by atoms with Crippen molar-refractivity contribution in [2.75, 3.05) is 13.1 Å². The fourth-order valence-corrected chi connectivity index (χ4v) is 2.87. The van der Waals surface area contributed by atoms with Gasteiger partial charge >= 0.3 is 0 Å². The fraction of sp³-hybridized carbons (Fsp3) is 0.529. The third-order valence-electron chi connectivity index (χ3n) is 4.40. The van der Waals surface area contributed by atoms with Crippen LogP contribution in [0.25, 0.3) is 0 Å². The molecule has 1 amide bonds. The quantitative estimate of drug-likeness (QED) is 0.839. The molecule has 0 saturated carbocycles. The molecule has 0 aliphatic carbocycles. The van der Waals surface area contributed by atoms with Gasteiger partial charge in [-0.25, -0.2) is 0 Å². The van der Waals surface area contributed by atoms with Crippen LogP contribution >= 0.6 is 24.0 Å². The van der Waals surface area contributed by atoms with Crippen molar-refractivity contribution in [2.24, 2.45) is 11.1 Å². The first-order valence-corrected chi connectivity index (χ1v) is 7.99. The zero-order valence-corrected chi connectivity index (χ0v) is 15.1. The zero-order valence-electron chi connectivity index (χ0n) is 13.5. The Bertz CT molecular complexity index is 558. The van der Waals surface area contributed by atoms with E-state index in [0.717, 1.165) is 6.42 Å². The van der Waals surface area contributed by atoms with Crippen molar-refractivity contribution in [3.8, 4) is 0 Å². The van der Waals surface area contributed by atoms with Gasteiger partial charge in [0.05, 0.1) is 0 Å². The summed E-state index contributed by atoms with van der Waals surface area (Å²) >= 11 is 5.80. The highest BCUT2D eigenvalue weighted by atomic mass is 35.5. The lowest BCUT2D eigenvalue weighted by Gasteiger charge is -2.42. The predicted molar refractivity (Wildman–Crippen MR) is 95.2 cm³/mol. The van der Waals surface area contributed by atoms with E-state index >= 15 is 0 Å². The molecule has 1 saturated heterocycles. The van der Waals surface area contributed by atoms with Gasteiger partial charge in [0.1, 0.15) is 0 Å². The molecule has 1 aliphatic rings. The van der Waals surface area contributed by atoms with Gasteiger partial charge in [-0.15, -0.1) is 12.4 Å². The molecule has 128 valence electrons. The van der Waals surface area contributed by atoms with Crippen molar-refractivity contribution < 1.29 is 9.59 Å². The van der Waals surface area contributed by atoms with Gasteiger partial charge in [-0.3, -0.25) is 9.59 Å². The maximum Gasteiger partial charge on any atom is 0.223 e. The number of rotatable bonds is 4. The number of piperidine rings is 1. The molecule has 2 N–H and O–H groups in total. The number of carbonyl (C=O) groups is 2. The van der Waals surface area contributed by atoms with E-state index in [9.17, 15) is 9.59 Å². The minimum Gasteiger partial charge on any atom is -0.342 e. The van der Waals surface area contributed by atoms with Crippen molar-refractivity contribution >= 4 is 35.7 Å². The van der Waals surface area contributed by atoms with Crippen molar-refractivity contribution in [1.82, 2.24) is 4.90 Å². The number of nitrogens with two attached hydrogens (primary N) is 1. The molecular weight excluding hydrogens is 335 g/mol. The van der Waals surface area contributed by atoms with E-state index in [2.05, 4.69) is 13.8 Å². The van der Waals surface area contributed by atoms with E-state index < -0.39 is 0 Å².